The van der Waals surface area contributed by atoms with E-state index in [-0.39, 0.29) is 5.82 Å². The molecule has 100 valence electrons. The highest BCUT2D eigenvalue weighted by Gasteiger charge is 2.07. The van der Waals surface area contributed by atoms with Crippen LogP contribution in [0.5, 0.6) is 0 Å². The number of hydrogen-bond acceptors (Lipinski definition) is 2. The number of nitrogens with zero attached hydrogens (tertiary/aromatic N) is 2. The van der Waals surface area contributed by atoms with Gasteiger partial charge in [0, 0.05) is 33.9 Å². The van der Waals surface area contributed by atoms with E-state index in [4.69, 9.17) is 0 Å². The van der Waals surface area contributed by atoms with E-state index in [0.29, 0.717) is 5.69 Å². The van der Waals surface area contributed by atoms with Crippen molar-refractivity contribution in [2.75, 3.05) is 38.0 Å². The maximum absolute atomic E-state index is 14.0. The molecule has 0 atom stereocenters. The summed E-state index contributed by atoms with van der Waals surface area (Å²) in [6, 6.07) is 13.4. The fourth-order valence-electron chi connectivity index (χ4n) is 2.01. The molecule has 0 fully saturated rings. The van der Waals surface area contributed by atoms with Crippen LogP contribution in [-0.4, -0.2) is 28.2 Å². The minimum absolute atomic E-state index is 0.197. The maximum atomic E-state index is 14.0. The van der Waals surface area contributed by atoms with Gasteiger partial charge in [-0.15, -0.1) is 0 Å². The number of rotatable bonds is 3. The van der Waals surface area contributed by atoms with Crippen molar-refractivity contribution in [3.63, 3.8) is 0 Å². The van der Waals surface area contributed by atoms with E-state index in [1.807, 2.05) is 63.4 Å². The van der Waals surface area contributed by atoms with Gasteiger partial charge in [0.05, 0.1) is 5.69 Å². The molecule has 0 aliphatic rings. The van der Waals surface area contributed by atoms with Crippen molar-refractivity contribution in [3.8, 4) is 11.1 Å². The molecule has 0 N–H and O–H groups in total. The molecule has 0 aromatic heterocycles. The number of hydrogen-bond donors (Lipinski definition) is 0. The highest BCUT2D eigenvalue weighted by atomic mass is 19.1. The third-order valence-electron chi connectivity index (χ3n) is 3.13. The smallest absolute Gasteiger partial charge is 0.147 e. The van der Waals surface area contributed by atoms with Crippen molar-refractivity contribution in [1.82, 2.24) is 0 Å². The molecule has 2 aromatic carbocycles. The Morgan fingerprint density at radius 1 is 0.789 bits per heavy atom. The van der Waals surface area contributed by atoms with E-state index in [9.17, 15) is 4.39 Å². The standard InChI is InChI=1S/C16H19FN2/c1-18(2)14-7-5-6-12(10-14)13-8-9-16(19(3)4)15(17)11-13/h5-11H,1-4H3. The van der Waals surface area contributed by atoms with Crippen LogP contribution in [0.1, 0.15) is 0 Å². The Morgan fingerprint density at radius 2 is 1.47 bits per heavy atom. The average molecular weight is 258 g/mol. The zero-order valence-electron chi connectivity index (χ0n) is 11.8. The van der Waals surface area contributed by atoms with Crippen molar-refractivity contribution in [1.29, 1.82) is 0 Å². The lowest BCUT2D eigenvalue weighted by Gasteiger charge is -2.16. The third-order valence-corrected chi connectivity index (χ3v) is 3.13. The molecule has 0 saturated heterocycles. The normalized spacial score (nSPS) is 10.4. The molecule has 3 heteroatoms. The van der Waals surface area contributed by atoms with Gasteiger partial charge in [-0.3, -0.25) is 0 Å². The first-order valence-electron chi connectivity index (χ1n) is 6.23. The average Bonchev–Trinajstić information content (AvgIpc) is 2.38. The molecular weight excluding hydrogens is 239 g/mol. The highest BCUT2D eigenvalue weighted by Crippen LogP contribution is 2.27. The summed E-state index contributed by atoms with van der Waals surface area (Å²) in [7, 11) is 7.67. The Bertz CT molecular complexity index is 577. The summed E-state index contributed by atoms with van der Waals surface area (Å²) in [4.78, 5) is 3.81. The van der Waals surface area contributed by atoms with Crippen LogP contribution in [0.3, 0.4) is 0 Å². The van der Waals surface area contributed by atoms with Crippen LogP contribution in [0, 0.1) is 5.82 Å². The van der Waals surface area contributed by atoms with Crippen molar-refractivity contribution in [3.05, 3.63) is 48.3 Å². The van der Waals surface area contributed by atoms with Gasteiger partial charge in [0.25, 0.3) is 0 Å². The van der Waals surface area contributed by atoms with Gasteiger partial charge in [0.15, 0.2) is 0 Å². The number of halogens is 1. The van der Waals surface area contributed by atoms with Crippen molar-refractivity contribution < 1.29 is 4.39 Å². The molecule has 0 saturated carbocycles. The number of anilines is 2. The molecule has 0 aliphatic carbocycles. The second kappa shape index (κ2) is 5.31. The van der Waals surface area contributed by atoms with Gasteiger partial charge in [-0.2, -0.15) is 0 Å². The lowest BCUT2D eigenvalue weighted by molar-refractivity contribution is 0.626. The summed E-state index contributed by atoms with van der Waals surface area (Å²) >= 11 is 0. The molecule has 0 amide bonds. The predicted molar refractivity (Wildman–Crippen MR) is 80.5 cm³/mol. The van der Waals surface area contributed by atoms with Crippen LogP contribution in [-0.2, 0) is 0 Å². The van der Waals surface area contributed by atoms with Crippen molar-refractivity contribution in [2.45, 2.75) is 0 Å². The van der Waals surface area contributed by atoms with Crippen LogP contribution in [0.15, 0.2) is 42.5 Å². The SMILES string of the molecule is CN(C)c1cccc(-c2ccc(N(C)C)c(F)c2)c1. The predicted octanol–water partition coefficient (Wildman–Crippen LogP) is 3.62. The summed E-state index contributed by atoms with van der Waals surface area (Å²) < 4.78 is 14.0. The third kappa shape index (κ3) is 2.87. The molecule has 0 heterocycles. The van der Waals surface area contributed by atoms with E-state index in [2.05, 4.69) is 6.07 Å². The molecule has 2 rings (SSSR count). The Hall–Kier alpha value is -2.03. The molecule has 2 aromatic rings. The fraction of sp³-hybridized carbons (Fsp3) is 0.250. The summed E-state index contributed by atoms with van der Waals surface area (Å²) in [5, 5.41) is 0. The minimum Gasteiger partial charge on any atom is -0.378 e. The van der Waals surface area contributed by atoms with E-state index in [1.165, 1.54) is 0 Å². The van der Waals surface area contributed by atoms with E-state index >= 15 is 0 Å². The highest BCUT2D eigenvalue weighted by molar-refractivity contribution is 5.70. The molecule has 0 aliphatic heterocycles. The summed E-state index contributed by atoms with van der Waals surface area (Å²) in [5.74, 6) is -0.197. The van der Waals surface area contributed by atoms with E-state index in [0.717, 1.165) is 16.8 Å². The van der Waals surface area contributed by atoms with Crippen LogP contribution in [0.2, 0.25) is 0 Å². The molecular formula is C16H19FN2. The van der Waals surface area contributed by atoms with Gasteiger partial charge in [-0.1, -0.05) is 18.2 Å². The van der Waals surface area contributed by atoms with Crippen molar-refractivity contribution >= 4 is 11.4 Å². The minimum atomic E-state index is -0.197. The zero-order valence-corrected chi connectivity index (χ0v) is 11.8. The zero-order chi connectivity index (χ0) is 14.0. The lowest BCUT2D eigenvalue weighted by Crippen LogP contribution is -2.10. The quantitative estimate of drug-likeness (QED) is 0.829. The van der Waals surface area contributed by atoms with Crippen LogP contribution >= 0.6 is 0 Å². The van der Waals surface area contributed by atoms with Gasteiger partial charge in [0.1, 0.15) is 5.82 Å². The Balaban J connectivity index is 2.42. The first-order valence-corrected chi connectivity index (χ1v) is 6.23. The van der Waals surface area contributed by atoms with Gasteiger partial charge in [0.2, 0.25) is 0 Å². The second-order valence-electron chi connectivity index (χ2n) is 5.01. The lowest BCUT2D eigenvalue weighted by atomic mass is 10.0. The van der Waals surface area contributed by atoms with E-state index in [1.54, 1.807) is 11.0 Å². The van der Waals surface area contributed by atoms with Crippen molar-refractivity contribution in [2.24, 2.45) is 0 Å². The Morgan fingerprint density at radius 3 is 2.05 bits per heavy atom. The molecule has 0 bridgehead atoms. The summed E-state index contributed by atoms with van der Waals surface area (Å²) in [5.41, 5.74) is 3.63. The van der Waals surface area contributed by atoms with Crippen LogP contribution < -0.4 is 9.80 Å². The Labute approximate surface area is 114 Å². The monoisotopic (exact) mass is 258 g/mol. The first kappa shape index (κ1) is 13.4. The van der Waals surface area contributed by atoms with Crippen LogP contribution in [0.25, 0.3) is 11.1 Å². The molecule has 0 spiro atoms. The second-order valence-corrected chi connectivity index (χ2v) is 5.01. The topological polar surface area (TPSA) is 6.48 Å². The molecule has 0 unspecified atom stereocenters. The summed E-state index contributed by atoms with van der Waals surface area (Å²) in [6.45, 7) is 0. The van der Waals surface area contributed by atoms with Gasteiger partial charge in [-0.05, 0) is 35.4 Å². The van der Waals surface area contributed by atoms with Crippen LogP contribution in [0.4, 0.5) is 15.8 Å². The Kier molecular flexibility index (Phi) is 3.74. The molecule has 2 nitrogen and oxygen atoms in total. The first-order chi connectivity index (χ1) is 8.99. The summed E-state index contributed by atoms with van der Waals surface area (Å²) in [6.07, 6.45) is 0. The largest absolute Gasteiger partial charge is 0.378 e. The molecule has 0 radical (unpaired) electrons. The molecule has 19 heavy (non-hydrogen) atoms. The van der Waals surface area contributed by atoms with Gasteiger partial charge in [-0.25, -0.2) is 4.39 Å². The van der Waals surface area contributed by atoms with Gasteiger partial charge >= 0.3 is 0 Å². The van der Waals surface area contributed by atoms with Gasteiger partial charge < -0.3 is 9.80 Å². The fourth-order valence-corrected chi connectivity index (χ4v) is 2.01. The van der Waals surface area contributed by atoms with E-state index < -0.39 is 0 Å². The maximum Gasteiger partial charge on any atom is 0.147 e. The number of benzene rings is 2.